The van der Waals surface area contributed by atoms with Crippen molar-refractivity contribution in [3.63, 3.8) is 0 Å². The van der Waals surface area contributed by atoms with E-state index >= 15 is 0 Å². The summed E-state index contributed by atoms with van der Waals surface area (Å²) in [6.07, 6.45) is 6.53. The summed E-state index contributed by atoms with van der Waals surface area (Å²) in [6, 6.07) is 8.77. The van der Waals surface area contributed by atoms with Gasteiger partial charge in [-0.3, -0.25) is 9.59 Å². The van der Waals surface area contributed by atoms with Crippen molar-refractivity contribution in [1.29, 1.82) is 0 Å². The molecule has 4 rings (SSSR count). The Morgan fingerprint density at radius 2 is 1.96 bits per heavy atom. The zero-order valence-corrected chi connectivity index (χ0v) is 15.4. The van der Waals surface area contributed by atoms with Gasteiger partial charge in [-0.05, 0) is 55.2 Å². The molecule has 1 aromatic carbocycles. The maximum absolute atomic E-state index is 12.4. The first-order valence-electron chi connectivity index (χ1n) is 9.37. The van der Waals surface area contributed by atoms with Gasteiger partial charge in [-0.2, -0.15) is 0 Å². The topological polar surface area (TPSA) is 81.0 Å². The van der Waals surface area contributed by atoms with E-state index in [0.29, 0.717) is 48.4 Å². The number of rotatable bonds is 5. The predicted octanol–water partition coefficient (Wildman–Crippen LogP) is 2.69. The Morgan fingerprint density at radius 1 is 1.14 bits per heavy atom. The molecule has 28 heavy (non-hydrogen) atoms. The van der Waals surface area contributed by atoms with Crippen LogP contribution in [-0.2, 0) is 4.79 Å². The summed E-state index contributed by atoms with van der Waals surface area (Å²) in [5.74, 6) is 2.14. The molecule has 2 amide bonds. The molecule has 2 aliphatic rings. The normalized spacial score (nSPS) is 16.5. The molecule has 0 radical (unpaired) electrons. The Labute approximate surface area is 162 Å². The van der Waals surface area contributed by atoms with Crippen molar-refractivity contribution in [2.45, 2.75) is 12.8 Å². The summed E-state index contributed by atoms with van der Waals surface area (Å²) in [5, 5.41) is 2.98. The van der Waals surface area contributed by atoms with Crippen molar-refractivity contribution >= 4 is 17.9 Å². The Hall–Kier alpha value is -3.22. The van der Waals surface area contributed by atoms with Crippen molar-refractivity contribution in [3.8, 4) is 11.5 Å². The third-order valence-corrected chi connectivity index (χ3v) is 5.05. The SMILES string of the molecule is O=C(NCC1CCN(C(=O)C=Cc2ccco2)CC1)c1ccc2c(c1)OCO2. The van der Waals surface area contributed by atoms with Gasteiger partial charge in [-0.1, -0.05) is 0 Å². The molecule has 0 saturated carbocycles. The van der Waals surface area contributed by atoms with Gasteiger partial charge in [0.2, 0.25) is 12.7 Å². The molecule has 1 N–H and O–H groups in total. The van der Waals surface area contributed by atoms with Crippen LogP contribution in [0, 0.1) is 5.92 Å². The molecule has 1 fully saturated rings. The van der Waals surface area contributed by atoms with Gasteiger partial charge in [0, 0.05) is 31.3 Å². The number of fused-ring (bicyclic) bond motifs is 1. The molecule has 0 unspecified atom stereocenters. The molecule has 7 nitrogen and oxygen atoms in total. The van der Waals surface area contributed by atoms with Crippen LogP contribution < -0.4 is 14.8 Å². The van der Waals surface area contributed by atoms with Crippen molar-refractivity contribution in [1.82, 2.24) is 10.2 Å². The lowest BCUT2D eigenvalue weighted by molar-refractivity contribution is -0.127. The third kappa shape index (κ3) is 4.19. The number of amides is 2. The fraction of sp³-hybridized carbons (Fsp3) is 0.333. The molecular formula is C21H22N2O5. The second-order valence-electron chi connectivity index (χ2n) is 6.90. The molecule has 3 heterocycles. The number of hydrogen-bond donors (Lipinski definition) is 1. The molecule has 1 saturated heterocycles. The van der Waals surface area contributed by atoms with Crippen LogP contribution in [0.25, 0.3) is 6.08 Å². The van der Waals surface area contributed by atoms with E-state index in [0.717, 1.165) is 12.8 Å². The van der Waals surface area contributed by atoms with E-state index in [-0.39, 0.29) is 18.6 Å². The van der Waals surface area contributed by atoms with Gasteiger partial charge in [-0.25, -0.2) is 0 Å². The highest BCUT2D eigenvalue weighted by molar-refractivity contribution is 5.95. The van der Waals surface area contributed by atoms with Crippen LogP contribution >= 0.6 is 0 Å². The first kappa shape index (κ1) is 18.2. The van der Waals surface area contributed by atoms with Gasteiger partial charge in [0.15, 0.2) is 11.5 Å². The smallest absolute Gasteiger partial charge is 0.251 e. The van der Waals surface area contributed by atoms with Gasteiger partial charge in [0.1, 0.15) is 5.76 Å². The maximum Gasteiger partial charge on any atom is 0.251 e. The average molecular weight is 382 g/mol. The molecule has 7 heteroatoms. The number of piperidine rings is 1. The molecule has 0 aliphatic carbocycles. The highest BCUT2D eigenvalue weighted by Crippen LogP contribution is 2.32. The first-order valence-corrected chi connectivity index (χ1v) is 9.37. The average Bonchev–Trinajstić information content (AvgIpc) is 3.41. The van der Waals surface area contributed by atoms with Crippen molar-refractivity contribution in [2.24, 2.45) is 5.92 Å². The van der Waals surface area contributed by atoms with Gasteiger partial charge >= 0.3 is 0 Å². The number of benzene rings is 1. The van der Waals surface area contributed by atoms with E-state index in [1.54, 1.807) is 48.7 Å². The number of likely N-dealkylation sites (tertiary alicyclic amines) is 1. The van der Waals surface area contributed by atoms with Crippen molar-refractivity contribution in [2.75, 3.05) is 26.4 Å². The molecule has 146 valence electrons. The second-order valence-corrected chi connectivity index (χ2v) is 6.90. The predicted molar refractivity (Wildman–Crippen MR) is 102 cm³/mol. The first-order chi connectivity index (χ1) is 13.7. The minimum atomic E-state index is -0.127. The summed E-state index contributed by atoms with van der Waals surface area (Å²) >= 11 is 0. The Bertz CT molecular complexity index is 867. The summed E-state index contributed by atoms with van der Waals surface area (Å²) in [5.41, 5.74) is 0.555. The standard InChI is InChI=1S/C21H22N2O5/c24-20(6-4-17-2-1-11-26-17)23-9-7-15(8-10-23)13-22-21(25)16-3-5-18-19(12-16)28-14-27-18/h1-6,11-12,15H,7-10,13-14H2,(H,22,25). The fourth-order valence-electron chi connectivity index (χ4n) is 3.38. The quantitative estimate of drug-likeness (QED) is 0.804. The molecule has 0 spiro atoms. The van der Waals surface area contributed by atoms with Gasteiger partial charge < -0.3 is 24.1 Å². The lowest BCUT2D eigenvalue weighted by Gasteiger charge is -2.31. The molecule has 0 bridgehead atoms. The number of nitrogens with one attached hydrogen (secondary N) is 1. The van der Waals surface area contributed by atoms with E-state index < -0.39 is 0 Å². The second kappa shape index (κ2) is 8.21. The van der Waals surface area contributed by atoms with Gasteiger partial charge in [0.05, 0.1) is 6.26 Å². The van der Waals surface area contributed by atoms with E-state index in [2.05, 4.69) is 5.32 Å². The molecule has 1 aromatic heterocycles. The summed E-state index contributed by atoms with van der Waals surface area (Å²) in [6.45, 7) is 2.16. The molecule has 2 aromatic rings. The summed E-state index contributed by atoms with van der Waals surface area (Å²) in [4.78, 5) is 26.4. The van der Waals surface area contributed by atoms with Crippen LogP contribution in [0.5, 0.6) is 11.5 Å². The molecule has 0 atom stereocenters. The van der Waals surface area contributed by atoms with E-state index in [4.69, 9.17) is 13.9 Å². The lowest BCUT2D eigenvalue weighted by Crippen LogP contribution is -2.40. The van der Waals surface area contributed by atoms with Gasteiger partial charge in [0.25, 0.3) is 5.91 Å². The highest BCUT2D eigenvalue weighted by Gasteiger charge is 2.22. The lowest BCUT2D eigenvalue weighted by atomic mass is 9.96. The largest absolute Gasteiger partial charge is 0.465 e. The van der Waals surface area contributed by atoms with Crippen LogP contribution in [0.15, 0.2) is 47.1 Å². The molecular weight excluding hydrogens is 360 g/mol. The van der Waals surface area contributed by atoms with Crippen molar-refractivity contribution < 1.29 is 23.5 Å². The van der Waals surface area contributed by atoms with Crippen LogP contribution in [0.2, 0.25) is 0 Å². The number of nitrogens with zero attached hydrogens (tertiary/aromatic N) is 1. The number of ether oxygens (including phenoxy) is 2. The fourth-order valence-corrected chi connectivity index (χ4v) is 3.38. The highest BCUT2D eigenvalue weighted by atomic mass is 16.7. The summed E-state index contributed by atoms with van der Waals surface area (Å²) in [7, 11) is 0. The zero-order valence-electron chi connectivity index (χ0n) is 15.4. The maximum atomic E-state index is 12.4. The monoisotopic (exact) mass is 382 g/mol. The van der Waals surface area contributed by atoms with E-state index in [1.807, 2.05) is 4.90 Å². The zero-order chi connectivity index (χ0) is 19.3. The van der Waals surface area contributed by atoms with Crippen LogP contribution in [-0.4, -0.2) is 43.1 Å². The number of hydrogen-bond acceptors (Lipinski definition) is 5. The van der Waals surface area contributed by atoms with Crippen LogP contribution in [0.4, 0.5) is 0 Å². The van der Waals surface area contributed by atoms with Gasteiger partial charge in [-0.15, -0.1) is 0 Å². The number of furan rings is 1. The van der Waals surface area contributed by atoms with Crippen LogP contribution in [0.1, 0.15) is 29.0 Å². The van der Waals surface area contributed by atoms with E-state index in [1.165, 1.54) is 0 Å². The Balaban J connectivity index is 1.22. The minimum absolute atomic E-state index is 0.0146. The van der Waals surface area contributed by atoms with E-state index in [9.17, 15) is 9.59 Å². The van der Waals surface area contributed by atoms with Crippen molar-refractivity contribution in [3.05, 3.63) is 54.0 Å². The van der Waals surface area contributed by atoms with Crippen LogP contribution in [0.3, 0.4) is 0 Å². The molecule has 2 aliphatic heterocycles. The Kier molecular flexibility index (Phi) is 5.32. The number of carbonyl (C=O) groups excluding carboxylic acids is 2. The third-order valence-electron chi connectivity index (χ3n) is 5.05. The summed E-state index contributed by atoms with van der Waals surface area (Å²) < 4.78 is 15.8. The minimum Gasteiger partial charge on any atom is -0.465 e. The number of carbonyl (C=O) groups is 2. The Morgan fingerprint density at radius 3 is 2.75 bits per heavy atom.